The van der Waals surface area contributed by atoms with E-state index in [0.29, 0.717) is 11.1 Å². The molecule has 0 aliphatic heterocycles. The van der Waals surface area contributed by atoms with E-state index < -0.39 is 13.1 Å². The number of carbonyl (C=O) groups is 1. The van der Waals surface area contributed by atoms with Crippen LogP contribution in [-0.4, -0.2) is 15.3 Å². The Labute approximate surface area is 142 Å². The fourth-order valence-electron chi connectivity index (χ4n) is 2.00. The third-order valence-electron chi connectivity index (χ3n) is 2.76. The van der Waals surface area contributed by atoms with Crippen LogP contribution in [0.5, 0.6) is 0 Å². The second-order valence-electron chi connectivity index (χ2n) is 4.70. The van der Waals surface area contributed by atoms with Gasteiger partial charge in [0.15, 0.2) is 0 Å². The van der Waals surface area contributed by atoms with Gasteiger partial charge in [-0.3, -0.25) is 9.36 Å². The van der Waals surface area contributed by atoms with E-state index in [1.807, 2.05) is 37.3 Å². The summed E-state index contributed by atoms with van der Waals surface area (Å²) >= 11 is 0. The molecule has 2 aromatic carbocycles. The van der Waals surface area contributed by atoms with Gasteiger partial charge in [0, 0.05) is 5.56 Å². The van der Waals surface area contributed by atoms with Gasteiger partial charge in [-0.1, -0.05) is 17.7 Å². The van der Waals surface area contributed by atoms with Crippen LogP contribution in [-0.2, 0) is 4.57 Å². The van der Waals surface area contributed by atoms with Gasteiger partial charge < -0.3 is 9.79 Å². The zero-order valence-corrected chi connectivity index (χ0v) is 14.1. The topological polar surface area (TPSA) is 74.6 Å². The van der Waals surface area contributed by atoms with Crippen LogP contribution < -0.4 is 18.9 Å². The van der Waals surface area contributed by atoms with Crippen molar-refractivity contribution in [2.45, 2.75) is 20.8 Å². The predicted molar refractivity (Wildman–Crippen MR) is 82.3 cm³/mol. The first-order chi connectivity index (χ1) is 9.73. The van der Waals surface area contributed by atoms with Gasteiger partial charge in [0.25, 0.3) is 5.52 Å². The molecule has 0 aromatic heterocycles. The summed E-state index contributed by atoms with van der Waals surface area (Å²) in [5.74, 6) is 0. The third-order valence-corrected chi connectivity index (χ3v) is 3.52. The van der Waals surface area contributed by atoms with Gasteiger partial charge in [-0.05, 0) is 31.9 Å². The van der Waals surface area contributed by atoms with Crippen molar-refractivity contribution in [3.8, 4) is 0 Å². The van der Waals surface area contributed by atoms with Crippen molar-refractivity contribution in [3.63, 3.8) is 0 Å². The molecule has 0 atom stereocenters. The molecule has 22 heavy (non-hydrogen) atoms. The van der Waals surface area contributed by atoms with E-state index >= 15 is 0 Å². The molecule has 0 amide bonds. The smallest absolute Gasteiger partial charge is 0.319 e. The molecule has 2 N–H and O–H groups in total. The maximum absolute atomic E-state index is 11.5. The summed E-state index contributed by atoms with van der Waals surface area (Å²) in [7, 11) is -4.69. The number of rotatable bonds is 2. The standard InChI is InChI=1S/C10H13O4P.C6H5.Li/c1-6-4-7(2)9(8(3)5-6)10(11)15(12,13)14;1-2-4-6-5-3-1;/h4-5H,1-3H3,(H2,12,13,14);1-5H;/q;-1;+1. The Balaban J connectivity index is 0.000000529. The molecule has 0 spiro atoms. The largest absolute Gasteiger partial charge is 1.00 e. The molecule has 0 fully saturated rings. The zero-order valence-electron chi connectivity index (χ0n) is 13.2. The van der Waals surface area contributed by atoms with Gasteiger partial charge in [-0.15, -0.1) is 0 Å². The third kappa shape index (κ3) is 6.32. The molecule has 0 heterocycles. The van der Waals surface area contributed by atoms with E-state index in [9.17, 15) is 9.36 Å². The van der Waals surface area contributed by atoms with Crippen LogP contribution in [0.15, 0.2) is 42.5 Å². The molecule has 0 bridgehead atoms. The van der Waals surface area contributed by atoms with Crippen molar-refractivity contribution in [2.24, 2.45) is 0 Å². The minimum Gasteiger partial charge on any atom is -0.319 e. The average Bonchev–Trinajstić information content (AvgIpc) is 2.39. The minimum atomic E-state index is -4.69. The van der Waals surface area contributed by atoms with E-state index in [2.05, 4.69) is 6.07 Å². The molecule has 112 valence electrons. The SMILES string of the molecule is Cc1cc(C)c(C(=O)P(=O)(O)O)c(C)c1.[Li+].[c-]1ccccc1. The van der Waals surface area contributed by atoms with E-state index in [0.717, 1.165) is 5.56 Å². The van der Waals surface area contributed by atoms with Crippen LogP contribution >= 0.6 is 7.60 Å². The molecule has 6 heteroatoms. The summed E-state index contributed by atoms with van der Waals surface area (Å²) in [5, 5.41) is 0. The Bertz CT molecular complexity index is 615. The summed E-state index contributed by atoms with van der Waals surface area (Å²) in [6.07, 6.45) is 0. The van der Waals surface area contributed by atoms with Gasteiger partial charge in [0.05, 0.1) is 0 Å². The molecule has 0 radical (unpaired) electrons. The van der Waals surface area contributed by atoms with Crippen molar-refractivity contribution in [1.82, 2.24) is 0 Å². The molecule has 0 unspecified atom stereocenters. The maximum atomic E-state index is 11.5. The Morgan fingerprint density at radius 2 is 1.45 bits per heavy atom. The van der Waals surface area contributed by atoms with Crippen LogP contribution in [0.25, 0.3) is 0 Å². The Hall–Kier alpha value is -1.14. The molecule has 4 nitrogen and oxygen atoms in total. The van der Waals surface area contributed by atoms with E-state index in [1.165, 1.54) is 0 Å². The van der Waals surface area contributed by atoms with Crippen molar-refractivity contribution in [3.05, 3.63) is 70.8 Å². The minimum absolute atomic E-state index is 0. The molecular formula is C16H18LiO4P. The van der Waals surface area contributed by atoms with E-state index in [1.54, 1.807) is 26.0 Å². The first-order valence-corrected chi connectivity index (χ1v) is 7.94. The second-order valence-corrected chi connectivity index (χ2v) is 6.19. The van der Waals surface area contributed by atoms with Crippen molar-refractivity contribution >= 4 is 13.1 Å². The number of carbonyl (C=O) groups excluding carboxylic acids is 1. The fraction of sp³-hybridized carbons (Fsp3) is 0.188. The van der Waals surface area contributed by atoms with Crippen LogP contribution in [0, 0.1) is 26.8 Å². The number of benzene rings is 2. The number of aryl methyl sites for hydroxylation is 3. The Morgan fingerprint density at radius 3 is 1.73 bits per heavy atom. The van der Waals surface area contributed by atoms with Gasteiger partial charge in [-0.2, -0.15) is 36.4 Å². The van der Waals surface area contributed by atoms with Crippen molar-refractivity contribution in [1.29, 1.82) is 0 Å². The van der Waals surface area contributed by atoms with Crippen LogP contribution in [0.2, 0.25) is 0 Å². The summed E-state index contributed by atoms with van der Waals surface area (Å²) in [6.45, 7) is 5.21. The van der Waals surface area contributed by atoms with Crippen LogP contribution in [0.3, 0.4) is 0 Å². The molecule has 0 saturated carbocycles. The number of hydrogen-bond donors (Lipinski definition) is 2. The summed E-state index contributed by atoms with van der Waals surface area (Å²) in [6, 6.07) is 16.0. The maximum Gasteiger partial charge on any atom is 1.00 e. The average molecular weight is 312 g/mol. The first-order valence-electron chi connectivity index (χ1n) is 6.33. The van der Waals surface area contributed by atoms with Crippen LogP contribution in [0.1, 0.15) is 27.0 Å². The molecule has 2 rings (SSSR count). The van der Waals surface area contributed by atoms with Gasteiger partial charge in [0.1, 0.15) is 0 Å². The monoisotopic (exact) mass is 312 g/mol. The molecular weight excluding hydrogens is 294 g/mol. The Kier molecular flexibility index (Phi) is 8.63. The zero-order chi connectivity index (χ0) is 16.0. The summed E-state index contributed by atoms with van der Waals surface area (Å²) in [4.78, 5) is 29.1. The van der Waals surface area contributed by atoms with Crippen LogP contribution in [0.4, 0.5) is 0 Å². The molecule has 2 aromatic rings. The first kappa shape index (κ1) is 20.9. The van der Waals surface area contributed by atoms with Crippen molar-refractivity contribution < 1.29 is 38.0 Å². The Morgan fingerprint density at radius 1 is 1.00 bits per heavy atom. The van der Waals surface area contributed by atoms with Crippen molar-refractivity contribution in [2.75, 3.05) is 0 Å². The number of hydrogen-bond acceptors (Lipinski definition) is 2. The van der Waals surface area contributed by atoms with Gasteiger partial charge in [0.2, 0.25) is 0 Å². The summed E-state index contributed by atoms with van der Waals surface area (Å²) < 4.78 is 10.9. The normalized spacial score (nSPS) is 10.0. The van der Waals surface area contributed by atoms with Gasteiger partial charge in [-0.25, -0.2) is 0 Å². The predicted octanol–water partition coefficient (Wildman–Crippen LogP) is 0.421. The molecule has 0 saturated heterocycles. The van der Waals surface area contributed by atoms with E-state index in [4.69, 9.17) is 9.79 Å². The summed E-state index contributed by atoms with van der Waals surface area (Å²) in [5.41, 5.74) is 1.19. The fourth-order valence-corrected chi connectivity index (χ4v) is 2.65. The molecule has 0 aliphatic rings. The van der Waals surface area contributed by atoms with E-state index in [-0.39, 0.29) is 24.4 Å². The quantitative estimate of drug-likeness (QED) is 0.479. The van der Waals surface area contributed by atoms with Gasteiger partial charge >= 0.3 is 26.5 Å². The second kappa shape index (κ2) is 9.10. The molecule has 0 aliphatic carbocycles.